The second kappa shape index (κ2) is 15.0. The molecule has 9 heteroatoms. The monoisotopic (exact) mass is 521 g/mol. The van der Waals surface area contributed by atoms with Crippen molar-refractivity contribution in [2.24, 2.45) is 4.99 Å². The van der Waals surface area contributed by atoms with Crippen molar-refractivity contribution in [3.05, 3.63) is 11.6 Å². The third-order valence-electron chi connectivity index (χ3n) is 4.89. The molecule has 1 aliphatic heterocycles. The highest BCUT2D eigenvalue weighted by atomic mass is 127. The summed E-state index contributed by atoms with van der Waals surface area (Å²) in [7, 11) is 5.95. The summed E-state index contributed by atoms with van der Waals surface area (Å²) in [5, 5.41) is 11.5. The molecular formula is C20H40IN7O. The quantitative estimate of drug-likeness (QED) is 0.191. The van der Waals surface area contributed by atoms with Gasteiger partial charge in [-0.2, -0.15) is 5.10 Å². The third-order valence-corrected chi connectivity index (χ3v) is 4.89. The fourth-order valence-electron chi connectivity index (χ4n) is 3.44. The molecule has 0 aliphatic carbocycles. The van der Waals surface area contributed by atoms with Crippen LogP contribution in [0.15, 0.2) is 4.99 Å². The molecule has 0 saturated heterocycles. The number of fused-ring (bicyclic) bond motifs is 1. The van der Waals surface area contributed by atoms with Crippen LogP contribution in [-0.2, 0) is 24.3 Å². The van der Waals surface area contributed by atoms with Gasteiger partial charge in [0.25, 0.3) is 0 Å². The molecule has 0 radical (unpaired) electrons. The van der Waals surface area contributed by atoms with Gasteiger partial charge in [0.2, 0.25) is 0 Å². The van der Waals surface area contributed by atoms with E-state index in [-0.39, 0.29) is 24.0 Å². The van der Waals surface area contributed by atoms with Gasteiger partial charge in [-0.15, -0.1) is 24.0 Å². The number of ether oxygens (including phenoxy) is 1. The molecule has 0 amide bonds. The van der Waals surface area contributed by atoms with Gasteiger partial charge in [0, 0.05) is 32.7 Å². The molecular weight excluding hydrogens is 481 g/mol. The highest BCUT2D eigenvalue weighted by Crippen LogP contribution is 2.13. The molecule has 2 heterocycles. The topological polar surface area (TPSA) is 79.6 Å². The van der Waals surface area contributed by atoms with Gasteiger partial charge in [-0.3, -0.25) is 4.99 Å². The van der Waals surface area contributed by atoms with Crippen molar-refractivity contribution >= 4 is 29.9 Å². The summed E-state index contributed by atoms with van der Waals surface area (Å²) in [5.41, 5.74) is 0. The second-order valence-electron chi connectivity index (χ2n) is 7.77. The molecule has 8 nitrogen and oxygen atoms in total. The van der Waals surface area contributed by atoms with Crippen LogP contribution in [0.1, 0.15) is 57.1 Å². The number of guanidine groups is 1. The number of rotatable bonds is 12. The van der Waals surface area contributed by atoms with Gasteiger partial charge in [-0.25, -0.2) is 9.67 Å². The van der Waals surface area contributed by atoms with E-state index in [0.717, 1.165) is 56.5 Å². The largest absolute Gasteiger partial charge is 0.377 e. The number of nitrogens with one attached hydrogen (secondary N) is 2. The highest BCUT2D eigenvalue weighted by Gasteiger charge is 2.22. The molecule has 1 unspecified atom stereocenters. The summed E-state index contributed by atoms with van der Waals surface area (Å²) in [6.07, 6.45) is 8.28. The molecule has 1 aromatic rings. The van der Waals surface area contributed by atoms with Crippen LogP contribution in [-0.4, -0.2) is 72.5 Å². The molecule has 1 aromatic heterocycles. The highest BCUT2D eigenvalue weighted by molar-refractivity contribution is 14.0. The van der Waals surface area contributed by atoms with E-state index in [2.05, 4.69) is 46.6 Å². The van der Waals surface area contributed by atoms with E-state index in [1.807, 2.05) is 4.68 Å². The number of unbranched alkanes of at least 4 members (excludes halogenated alkanes) is 4. The normalized spacial score (nSPS) is 16.4. The number of methoxy groups -OCH3 is 1. The Hall–Kier alpha value is -0.940. The number of hydrogen-bond acceptors (Lipinski definition) is 5. The summed E-state index contributed by atoms with van der Waals surface area (Å²) in [6.45, 7) is 6.33. The third kappa shape index (κ3) is 10.1. The van der Waals surface area contributed by atoms with E-state index in [0.29, 0.717) is 12.6 Å². The lowest BCUT2D eigenvalue weighted by Crippen LogP contribution is -2.47. The number of nitrogens with zero attached hydrogens (tertiary/aromatic N) is 5. The van der Waals surface area contributed by atoms with Crippen LogP contribution >= 0.6 is 24.0 Å². The van der Waals surface area contributed by atoms with Gasteiger partial charge >= 0.3 is 0 Å². The SMILES string of the molecule is CCNC(=NCCCCCCCN(C)C)NC1CCc2nc(COC)nn2C1.I. The molecule has 29 heavy (non-hydrogen) atoms. The Morgan fingerprint density at radius 2 is 2.00 bits per heavy atom. The molecule has 0 bridgehead atoms. The van der Waals surface area contributed by atoms with Crippen LogP contribution in [0.3, 0.4) is 0 Å². The fraction of sp³-hybridized carbons (Fsp3) is 0.850. The predicted octanol–water partition coefficient (Wildman–Crippen LogP) is 2.42. The zero-order valence-corrected chi connectivity index (χ0v) is 20.9. The molecule has 2 rings (SSSR count). The average molecular weight is 521 g/mol. The van der Waals surface area contributed by atoms with Crippen molar-refractivity contribution in [2.75, 3.05) is 40.8 Å². The lowest BCUT2D eigenvalue weighted by molar-refractivity contribution is 0.177. The van der Waals surface area contributed by atoms with E-state index >= 15 is 0 Å². The number of aliphatic imine (C=N–C) groups is 1. The van der Waals surface area contributed by atoms with E-state index in [1.54, 1.807) is 7.11 Å². The van der Waals surface area contributed by atoms with Crippen LogP contribution in [0.2, 0.25) is 0 Å². The lowest BCUT2D eigenvalue weighted by atomic mass is 10.1. The zero-order valence-electron chi connectivity index (χ0n) is 18.6. The maximum absolute atomic E-state index is 5.14. The van der Waals surface area contributed by atoms with E-state index in [9.17, 15) is 0 Å². The Kier molecular flexibility index (Phi) is 13.5. The lowest BCUT2D eigenvalue weighted by Gasteiger charge is -2.25. The zero-order chi connectivity index (χ0) is 20.2. The Balaban J connectivity index is 0.00000420. The molecule has 0 spiro atoms. The molecule has 168 valence electrons. The molecule has 0 saturated carbocycles. The summed E-state index contributed by atoms with van der Waals surface area (Å²) < 4.78 is 7.15. The second-order valence-corrected chi connectivity index (χ2v) is 7.77. The van der Waals surface area contributed by atoms with Crippen molar-refractivity contribution in [1.82, 2.24) is 30.3 Å². The van der Waals surface area contributed by atoms with Crippen LogP contribution < -0.4 is 10.6 Å². The summed E-state index contributed by atoms with van der Waals surface area (Å²) in [4.78, 5) is 11.6. The first-order valence-corrected chi connectivity index (χ1v) is 10.7. The predicted molar refractivity (Wildman–Crippen MR) is 129 cm³/mol. The first kappa shape index (κ1) is 26.1. The van der Waals surface area contributed by atoms with Gasteiger partial charge in [-0.05, 0) is 46.8 Å². The average Bonchev–Trinajstić information content (AvgIpc) is 3.05. The van der Waals surface area contributed by atoms with Gasteiger partial charge in [0.15, 0.2) is 11.8 Å². The van der Waals surface area contributed by atoms with Crippen molar-refractivity contribution in [3.63, 3.8) is 0 Å². The maximum atomic E-state index is 5.14. The van der Waals surface area contributed by atoms with E-state index < -0.39 is 0 Å². The van der Waals surface area contributed by atoms with E-state index in [4.69, 9.17) is 9.73 Å². The minimum atomic E-state index is 0. The van der Waals surface area contributed by atoms with Crippen LogP contribution in [0.25, 0.3) is 0 Å². The first-order valence-electron chi connectivity index (χ1n) is 10.7. The summed E-state index contributed by atoms with van der Waals surface area (Å²) in [6, 6.07) is 0.327. The fourth-order valence-corrected chi connectivity index (χ4v) is 3.44. The molecule has 1 aliphatic rings. The van der Waals surface area contributed by atoms with E-state index in [1.165, 1.54) is 32.2 Å². The smallest absolute Gasteiger partial charge is 0.191 e. The van der Waals surface area contributed by atoms with Gasteiger partial charge in [-0.1, -0.05) is 19.3 Å². The standard InChI is InChI=1S/C20H39N7O.HI/c1-5-21-20(22-13-9-7-6-8-10-14-26(2)3)23-17-11-12-19-24-18(16-28-4)25-27(19)15-17;/h17H,5-16H2,1-4H3,(H2,21,22,23);1H. The number of aryl methyl sites for hydroxylation is 1. The minimum absolute atomic E-state index is 0. The number of halogens is 1. The molecule has 1 atom stereocenters. The van der Waals surface area contributed by atoms with Crippen molar-refractivity contribution in [3.8, 4) is 0 Å². The molecule has 0 aromatic carbocycles. The summed E-state index contributed by atoms with van der Waals surface area (Å²) in [5.74, 6) is 2.74. The minimum Gasteiger partial charge on any atom is -0.377 e. The van der Waals surface area contributed by atoms with Gasteiger partial charge < -0.3 is 20.3 Å². The summed E-state index contributed by atoms with van der Waals surface area (Å²) >= 11 is 0. The van der Waals surface area contributed by atoms with Gasteiger partial charge in [0.1, 0.15) is 12.4 Å². The molecule has 0 fully saturated rings. The maximum Gasteiger partial charge on any atom is 0.191 e. The van der Waals surface area contributed by atoms with Crippen molar-refractivity contribution < 1.29 is 4.74 Å². The Morgan fingerprint density at radius 3 is 2.72 bits per heavy atom. The molecule has 2 N–H and O–H groups in total. The Labute approximate surface area is 193 Å². The first-order chi connectivity index (χ1) is 13.6. The number of hydrogen-bond donors (Lipinski definition) is 2. The Morgan fingerprint density at radius 1 is 1.24 bits per heavy atom. The van der Waals surface area contributed by atoms with Crippen molar-refractivity contribution in [1.29, 1.82) is 0 Å². The van der Waals surface area contributed by atoms with Crippen molar-refractivity contribution in [2.45, 2.75) is 71.1 Å². The van der Waals surface area contributed by atoms with Crippen LogP contribution in [0.5, 0.6) is 0 Å². The number of aromatic nitrogens is 3. The van der Waals surface area contributed by atoms with Crippen LogP contribution in [0, 0.1) is 0 Å². The van der Waals surface area contributed by atoms with Crippen LogP contribution in [0.4, 0.5) is 0 Å². The Bertz CT molecular complexity index is 591. The van der Waals surface area contributed by atoms with Gasteiger partial charge in [0.05, 0.1) is 6.54 Å².